The minimum Gasteiger partial charge on any atom is -0.465 e. The van der Waals surface area contributed by atoms with Crippen LogP contribution >= 0.6 is 23.2 Å². The Morgan fingerprint density at radius 2 is 2.00 bits per heavy atom. The molecule has 1 aliphatic rings. The summed E-state index contributed by atoms with van der Waals surface area (Å²) >= 11 is 12.4. The van der Waals surface area contributed by atoms with Crippen LogP contribution in [0.2, 0.25) is 10.3 Å². The fraction of sp³-hybridized carbons (Fsp3) is 0.208. The van der Waals surface area contributed by atoms with Crippen LogP contribution < -0.4 is 4.90 Å². The van der Waals surface area contributed by atoms with E-state index in [-0.39, 0.29) is 64.3 Å². The van der Waals surface area contributed by atoms with Crippen molar-refractivity contribution < 1.29 is 18.7 Å². The third-order valence-electron chi connectivity index (χ3n) is 6.18. The molecule has 1 fully saturated rings. The SMILES string of the molecule is N#CC[C@H]1CN(c2nc(Cl)nc3c(F)c(-c4cccc5ccc(F)c(Cl)c45)ncc23)CCN1C(=O)O. The van der Waals surface area contributed by atoms with E-state index in [1.54, 1.807) is 29.2 Å². The van der Waals surface area contributed by atoms with Gasteiger partial charge in [-0.05, 0) is 23.1 Å². The molecule has 182 valence electrons. The number of rotatable bonds is 3. The Labute approximate surface area is 213 Å². The largest absolute Gasteiger partial charge is 0.465 e. The van der Waals surface area contributed by atoms with Crippen LogP contribution in [-0.2, 0) is 0 Å². The number of carbonyl (C=O) groups is 1. The number of fused-ring (bicyclic) bond motifs is 2. The molecule has 0 aliphatic carbocycles. The van der Waals surface area contributed by atoms with Crippen LogP contribution in [0.3, 0.4) is 0 Å². The lowest BCUT2D eigenvalue weighted by Crippen LogP contribution is -2.55. The molecule has 0 unspecified atom stereocenters. The number of amides is 1. The zero-order valence-corrected chi connectivity index (χ0v) is 19.9. The Morgan fingerprint density at radius 1 is 1.19 bits per heavy atom. The zero-order chi connectivity index (χ0) is 25.6. The van der Waals surface area contributed by atoms with Gasteiger partial charge in [-0.2, -0.15) is 10.2 Å². The van der Waals surface area contributed by atoms with E-state index in [2.05, 4.69) is 15.0 Å². The summed E-state index contributed by atoms with van der Waals surface area (Å²) in [4.78, 5) is 27.2. The van der Waals surface area contributed by atoms with Gasteiger partial charge < -0.3 is 14.9 Å². The van der Waals surface area contributed by atoms with Gasteiger partial charge in [-0.3, -0.25) is 4.98 Å². The quantitative estimate of drug-likeness (QED) is 0.349. The van der Waals surface area contributed by atoms with Gasteiger partial charge in [-0.15, -0.1) is 0 Å². The smallest absolute Gasteiger partial charge is 0.407 e. The first-order valence-corrected chi connectivity index (χ1v) is 11.6. The lowest BCUT2D eigenvalue weighted by Gasteiger charge is -2.39. The van der Waals surface area contributed by atoms with Gasteiger partial charge >= 0.3 is 6.09 Å². The van der Waals surface area contributed by atoms with E-state index in [0.717, 1.165) is 0 Å². The minimum absolute atomic E-state index is 0.0191. The maximum absolute atomic E-state index is 15.9. The number of anilines is 1. The van der Waals surface area contributed by atoms with E-state index in [1.165, 1.54) is 17.2 Å². The summed E-state index contributed by atoms with van der Waals surface area (Å²) in [5.74, 6) is -1.15. The molecule has 4 aromatic rings. The average Bonchev–Trinajstić information content (AvgIpc) is 2.86. The summed E-state index contributed by atoms with van der Waals surface area (Å²) in [5, 5.41) is 19.4. The number of hydrogen-bond donors (Lipinski definition) is 1. The van der Waals surface area contributed by atoms with Crippen molar-refractivity contribution in [2.75, 3.05) is 24.5 Å². The first kappa shape index (κ1) is 23.9. The highest BCUT2D eigenvalue weighted by Gasteiger charge is 2.32. The van der Waals surface area contributed by atoms with Gasteiger partial charge in [-0.1, -0.05) is 35.9 Å². The van der Waals surface area contributed by atoms with Gasteiger partial charge in [0.2, 0.25) is 5.28 Å². The third kappa shape index (κ3) is 4.00. The first-order valence-electron chi connectivity index (χ1n) is 10.8. The number of nitrogens with zero attached hydrogens (tertiary/aromatic N) is 6. The number of benzene rings is 2. The molecular formula is C24H16Cl2F2N6O2. The Kier molecular flexibility index (Phi) is 6.20. The van der Waals surface area contributed by atoms with Crippen molar-refractivity contribution in [3.8, 4) is 17.3 Å². The molecule has 3 heterocycles. The second kappa shape index (κ2) is 9.33. The van der Waals surface area contributed by atoms with Gasteiger partial charge in [0.1, 0.15) is 22.8 Å². The molecular weight excluding hydrogens is 513 g/mol. The minimum atomic E-state index is -1.12. The molecule has 1 atom stereocenters. The molecule has 0 saturated carbocycles. The second-order valence-electron chi connectivity index (χ2n) is 8.20. The summed E-state index contributed by atoms with van der Waals surface area (Å²) in [7, 11) is 0. The molecule has 8 nitrogen and oxygen atoms in total. The Morgan fingerprint density at radius 3 is 2.75 bits per heavy atom. The average molecular weight is 529 g/mol. The highest BCUT2D eigenvalue weighted by atomic mass is 35.5. The number of carboxylic acid groups (broad SMARTS) is 1. The molecule has 2 aromatic heterocycles. The molecule has 1 aliphatic heterocycles. The topological polar surface area (TPSA) is 106 Å². The van der Waals surface area contributed by atoms with E-state index in [0.29, 0.717) is 10.8 Å². The summed E-state index contributed by atoms with van der Waals surface area (Å²) in [6, 6.07) is 9.19. The van der Waals surface area contributed by atoms with Gasteiger partial charge in [0.05, 0.1) is 28.9 Å². The van der Waals surface area contributed by atoms with E-state index in [1.807, 2.05) is 6.07 Å². The van der Waals surface area contributed by atoms with Crippen molar-refractivity contribution in [1.29, 1.82) is 5.26 Å². The van der Waals surface area contributed by atoms with Crippen LogP contribution in [0.25, 0.3) is 32.9 Å². The molecule has 1 N–H and O–H groups in total. The monoisotopic (exact) mass is 528 g/mol. The molecule has 36 heavy (non-hydrogen) atoms. The van der Waals surface area contributed by atoms with Crippen LogP contribution in [0.1, 0.15) is 6.42 Å². The maximum atomic E-state index is 15.9. The summed E-state index contributed by atoms with van der Waals surface area (Å²) < 4.78 is 30.1. The van der Waals surface area contributed by atoms with E-state index in [4.69, 9.17) is 28.5 Å². The Hall–Kier alpha value is -3.81. The van der Waals surface area contributed by atoms with Gasteiger partial charge in [-0.25, -0.2) is 18.6 Å². The molecule has 0 radical (unpaired) electrons. The standard InChI is InChI=1S/C24H16Cl2F2N6O2/c25-18-16(27)5-4-12-2-1-3-14(17(12)18)20-19(28)21-15(10-30-20)22(32-23(26)31-21)33-8-9-34(24(35)36)13(11-33)6-7-29/h1-5,10,13H,6,8-9,11H2,(H,35,36)/t13-/m0/s1. The lowest BCUT2D eigenvalue weighted by molar-refractivity contribution is 0.119. The number of halogens is 4. The highest BCUT2D eigenvalue weighted by Crippen LogP contribution is 2.38. The lowest BCUT2D eigenvalue weighted by atomic mass is 10.0. The van der Waals surface area contributed by atoms with Gasteiger partial charge in [0.15, 0.2) is 5.82 Å². The first-order chi connectivity index (χ1) is 17.3. The molecule has 2 aromatic carbocycles. The predicted octanol–water partition coefficient (Wildman–Crippen LogP) is 5.51. The molecule has 1 saturated heterocycles. The van der Waals surface area contributed by atoms with Crippen molar-refractivity contribution in [3.63, 3.8) is 0 Å². The van der Waals surface area contributed by atoms with Crippen LogP contribution in [-0.4, -0.2) is 56.7 Å². The summed E-state index contributed by atoms with van der Waals surface area (Å²) in [5.41, 5.74) is 0.105. The van der Waals surface area contributed by atoms with Crippen LogP contribution in [0.5, 0.6) is 0 Å². The van der Waals surface area contributed by atoms with Crippen molar-refractivity contribution in [2.24, 2.45) is 0 Å². The number of piperazine rings is 1. The number of nitriles is 1. The Balaban J connectivity index is 1.64. The fourth-order valence-corrected chi connectivity index (χ4v) is 4.97. The Bertz CT molecular complexity index is 1580. The maximum Gasteiger partial charge on any atom is 0.407 e. The van der Waals surface area contributed by atoms with Gasteiger partial charge in [0, 0.05) is 36.8 Å². The predicted molar refractivity (Wildman–Crippen MR) is 131 cm³/mol. The van der Waals surface area contributed by atoms with Crippen molar-refractivity contribution in [3.05, 3.63) is 58.5 Å². The number of pyridine rings is 1. The number of hydrogen-bond acceptors (Lipinski definition) is 6. The number of aromatic nitrogens is 3. The van der Waals surface area contributed by atoms with E-state index < -0.39 is 23.8 Å². The zero-order valence-electron chi connectivity index (χ0n) is 18.4. The summed E-state index contributed by atoms with van der Waals surface area (Å²) in [6.07, 6.45) is 0.256. The molecule has 1 amide bonds. The van der Waals surface area contributed by atoms with E-state index in [9.17, 15) is 14.3 Å². The second-order valence-corrected chi connectivity index (χ2v) is 8.92. The summed E-state index contributed by atoms with van der Waals surface area (Å²) in [6.45, 7) is 0.529. The molecule has 5 rings (SSSR count). The normalized spacial score (nSPS) is 15.9. The molecule has 12 heteroatoms. The van der Waals surface area contributed by atoms with Crippen LogP contribution in [0, 0.1) is 23.0 Å². The van der Waals surface area contributed by atoms with Crippen molar-refractivity contribution >= 4 is 56.8 Å². The molecule has 0 spiro atoms. The van der Waals surface area contributed by atoms with Crippen molar-refractivity contribution in [2.45, 2.75) is 12.5 Å². The van der Waals surface area contributed by atoms with E-state index >= 15 is 4.39 Å². The fourth-order valence-electron chi connectivity index (χ4n) is 4.53. The highest BCUT2D eigenvalue weighted by molar-refractivity contribution is 6.36. The molecule has 0 bridgehead atoms. The van der Waals surface area contributed by atoms with Crippen LogP contribution in [0.4, 0.5) is 19.4 Å². The third-order valence-corrected chi connectivity index (χ3v) is 6.72. The van der Waals surface area contributed by atoms with Gasteiger partial charge in [0.25, 0.3) is 0 Å². The van der Waals surface area contributed by atoms with Crippen LogP contribution in [0.15, 0.2) is 36.5 Å². The van der Waals surface area contributed by atoms with Crippen molar-refractivity contribution in [1.82, 2.24) is 19.9 Å².